The number of hydrogen-bond acceptors (Lipinski definition) is 3. The van der Waals surface area contributed by atoms with Gasteiger partial charge < -0.3 is 9.47 Å². The Morgan fingerprint density at radius 3 is 2.60 bits per heavy atom. The molecule has 82 valence electrons. The highest BCUT2D eigenvalue weighted by atomic mass is 35.5. The molecule has 0 unspecified atom stereocenters. The van der Waals surface area contributed by atoms with E-state index in [1.807, 2.05) is 0 Å². The third-order valence-electron chi connectivity index (χ3n) is 1.91. The summed E-state index contributed by atoms with van der Waals surface area (Å²) in [6, 6.07) is 2.62. The van der Waals surface area contributed by atoms with Crippen LogP contribution in [0.1, 0.15) is 15.9 Å². The zero-order valence-electron chi connectivity index (χ0n) is 8.34. The van der Waals surface area contributed by atoms with Crippen molar-refractivity contribution >= 4 is 17.6 Å². The van der Waals surface area contributed by atoms with E-state index < -0.39 is 11.8 Å². The smallest absolute Gasteiger partial charge is 0.341 e. The highest BCUT2D eigenvalue weighted by molar-refractivity contribution is 6.17. The predicted octanol–water partition coefficient (Wildman–Crippen LogP) is 2.36. The number of carbonyl (C=O) groups excluding carboxylic acids is 1. The molecule has 3 nitrogen and oxygen atoms in total. The second-order valence-electron chi connectivity index (χ2n) is 2.77. The third kappa shape index (κ3) is 2.39. The summed E-state index contributed by atoms with van der Waals surface area (Å²) < 4.78 is 22.8. The molecule has 1 rings (SSSR count). The van der Waals surface area contributed by atoms with E-state index in [-0.39, 0.29) is 11.4 Å². The second kappa shape index (κ2) is 4.98. The lowest BCUT2D eigenvalue weighted by Gasteiger charge is -2.08. The van der Waals surface area contributed by atoms with E-state index in [9.17, 15) is 9.18 Å². The molecule has 0 bridgehead atoms. The first-order chi connectivity index (χ1) is 7.13. The van der Waals surface area contributed by atoms with Crippen LogP contribution in [0.2, 0.25) is 0 Å². The molecule has 1 aromatic rings. The molecule has 0 aromatic heterocycles. The van der Waals surface area contributed by atoms with Crippen LogP contribution < -0.4 is 4.74 Å². The molecule has 0 radical (unpaired) electrons. The summed E-state index contributed by atoms with van der Waals surface area (Å²) in [6.45, 7) is 0. The molecule has 0 aliphatic heterocycles. The number of hydrogen-bond donors (Lipinski definition) is 0. The molecule has 0 spiro atoms. The van der Waals surface area contributed by atoms with Crippen LogP contribution >= 0.6 is 11.6 Å². The molecule has 0 N–H and O–H groups in total. The Labute approximate surface area is 91.7 Å². The fraction of sp³-hybridized carbons (Fsp3) is 0.300. The lowest BCUT2D eigenvalue weighted by atomic mass is 10.1. The third-order valence-corrected chi connectivity index (χ3v) is 2.20. The maximum absolute atomic E-state index is 13.5. The number of methoxy groups -OCH3 is 2. The molecule has 0 amide bonds. The zero-order valence-corrected chi connectivity index (χ0v) is 9.10. The Morgan fingerprint density at radius 2 is 2.13 bits per heavy atom. The van der Waals surface area contributed by atoms with Gasteiger partial charge in [-0.05, 0) is 11.6 Å². The van der Waals surface area contributed by atoms with Crippen LogP contribution in [-0.2, 0) is 10.6 Å². The van der Waals surface area contributed by atoms with Gasteiger partial charge in [0.25, 0.3) is 0 Å². The van der Waals surface area contributed by atoms with Gasteiger partial charge in [-0.3, -0.25) is 0 Å². The second-order valence-corrected chi connectivity index (χ2v) is 3.04. The largest absolute Gasteiger partial charge is 0.497 e. The number of carbonyl (C=O) groups is 1. The van der Waals surface area contributed by atoms with Crippen LogP contribution in [0.3, 0.4) is 0 Å². The first-order valence-corrected chi connectivity index (χ1v) is 4.68. The summed E-state index contributed by atoms with van der Waals surface area (Å²) in [4.78, 5) is 11.3. The van der Waals surface area contributed by atoms with E-state index in [2.05, 4.69) is 4.74 Å². The van der Waals surface area contributed by atoms with Crippen molar-refractivity contribution < 1.29 is 18.7 Å². The van der Waals surface area contributed by atoms with Crippen molar-refractivity contribution in [2.24, 2.45) is 0 Å². The molecule has 0 aliphatic rings. The van der Waals surface area contributed by atoms with E-state index in [1.165, 1.54) is 20.3 Å². The van der Waals surface area contributed by atoms with Crippen molar-refractivity contribution in [2.45, 2.75) is 5.88 Å². The maximum Gasteiger partial charge on any atom is 0.341 e. The van der Waals surface area contributed by atoms with Crippen molar-refractivity contribution in [3.8, 4) is 5.75 Å². The van der Waals surface area contributed by atoms with Gasteiger partial charge >= 0.3 is 5.97 Å². The van der Waals surface area contributed by atoms with Gasteiger partial charge in [0, 0.05) is 11.9 Å². The molecule has 5 heteroatoms. The Balaban J connectivity index is 3.30. The molecule has 0 atom stereocenters. The van der Waals surface area contributed by atoms with Gasteiger partial charge in [-0.25, -0.2) is 9.18 Å². The average molecular weight is 233 g/mol. The Bertz CT molecular complexity index is 379. The topological polar surface area (TPSA) is 35.5 Å². The first-order valence-electron chi connectivity index (χ1n) is 4.14. The lowest BCUT2D eigenvalue weighted by Crippen LogP contribution is -2.08. The quantitative estimate of drug-likeness (QED) is 0.593. The first kappa shape index (κ1) is 11.8. The monoisotopic (exact) mass is 232 g/mol. The van der Waals surface area contributed by atoms with E-state index in [4.69, 9.17) is 16.3 Å². The van der Waals surface area contributed by atoms with Gasteiger partial charge in [0.1, 0.15) is 11.6 Å². The van der Waals surface area contributed by atoms with E-state index in [0.717, 1.165) is 6.07 Å². The van der Waals surface area contributed by atoms with Gasteiger partial charge in [0.2, 0.25) is 0 Å². The molecular formula is C10H10ClFO3. The number of alkyl halides is 1. The van der Waals surface area contributed by atoms with Crippen LogP contribution in [0.15, 0.2) is 12.1 Å². The predicted molar refractivity (Wildman–Crippen MR) is 53.8 cm³/mol. The average Bonchev–Trinajstić information content (AvgIpc) is 2.26. The van der Waals surface area contributed by atoms with Gasteiger partial charge in [0.15, 0.2) is 0 Å². The van der Waals surface area contributed by atoms with Crippen LogP contribution in [0.5, 0.6) is 5.75 Å². The summed E-state index contributed by atoms with van der Waals surface area (Å²) in [5.41, 5.74) is 0.202. The Hall–Kier alpha value is -1.29. The van der Waals surface area contributed by atoms with Crippen LogP contribution in [0, 0.1) is 5.82 Å². The normalized spacial score (nSPS) is 9.87. The van der Waals surface area contributed by atoms with Crippen molar-refractivity contribution in [3.05, 3.63) is 29.1 Å². The van der Waals surface area contributed by atoms with Crippen molar-refractivity contribution in [1.82, 2.24) is 0 Å². The highest BCUT2D eigenvalue weighted by Crippen LogP contribution is 2.23. The Morgan fingerprint density at radius 1 is 1.47 bits per heavy atom. The van der Waals surface area contributed by atoms with Gasteiger partial charge in [-0.2, -0.15) is 0 Å². The minimum Gasteiger partial charge on any atom is -0.497 e. The fourth-order valence-corrected chi connectivity index (χ4v) is 1.40. The minimum atomic E-state index is -0.745. The van der Waals surface area contributed by atoms with Crippen molar-refractivity contribution in [2.75, 3.05) is 14.2 Å². The standard InChI is InChI=1S/C10H10ClFO3/c1-14-7-3-6(5-11)9(8(12)4-7)10(13)15-2/h3-4H,5H2,1-2H3. The molecule has 0 aliphatic carbocycles. The molecule has 1 aromatic carbocycles. The molecule has 0 heterocycles. The maximum atomic E-state index is 13.5. The Kier molecular flexibility index (Phi) is 3.91. The summed E-state index contributed by atoms with van der Waals surface area (Å²) in [5, 5.41) is 0. The molecule has 0 fully saturated rings. The number of esters is 1. The summed E-state index contributed by atoms with van der Waals surface area (Å²) in [7, 11) is 2.59. The number of halogens is 2. The van der Waals surface area contributed by atoms with Crippen molar-refractivity contribution in [1.29, 1.82) is 0 Å². The summed E-state index contributed by atoms with van der Waals surface area (Å²) >= 11 is 5.60. The van der Waals surface area contributed by atoms with Gasteiger partial charge in [-0.1, -0.05) is 0 Å². The summed E-state index contributed by atoms with van der Waals surface area (Å²) in [5.74, 6) is -1.11. The summed E-state index contributed by atoms with van der Waals surface area (Å²) in [6.07, 6.45) is 0. The minimum absolute atomic E-state index is 0.0125. The highest BCUT2D eigenvalue weighted by Gasteiger charge is 2.18. The number of ether oxygens (including phenoxy) is 2. The van der Waals surface area contributed by atoms with Crippen LogP contribution in [0.4, 0.5) is 4.39 Å². The molecule has 0 saturated carbocycles. The van der Waals surface area contributed by atoms with Gasteiger partial charge in [0.05, 0.1) is 19.8 Å². The molecule has 15 heavy (non-hydrogen) atoms. The van der Waals surface area contributed by atoms with E-state index >= 15 is 0 Å². The molecule has 0 saturated heterocycles. The van der Waals surface area contributed by atoms with E-state index in [0.29, 0.717) is 11.3 Å². The molecular weight excluding hydrogens is 223 g/mol. The van der Waals surface area contributed by atoms with E-state index in [1.54, 1.807) is 0 Å². The SMILES string of the molecule is COC(=O)c1c(F)cc(OC)cc1CCl. The van der Waals surface area contributed by atoms with Crippen molar-refractivity contribution in [3.63, 3.8) is 0 Å². The fourth-order valence-electron chi connectivity index (χ4n) is 1.19. The lowest BCUT2D eigenvalue weighted by molar-refractivity contribution is 0.0594. The number of rotatable bonds is 3. The van der Waals surface area contributed by atoms with Gasteiger partial charge in [-0.15, -0.1) is 11.6 Å². The number of benzene rings is 1. The van der Waals surface area contributed by atoms with Crippen LogP contribution in [0.25, 0.3) is 0 Å². The zero-order chi connectivity index (χ0) is 11.4. The van der Waals surface area contributed by atoms with Crippen LogP contribution in [-0.4, -0.2) is 20.2 Å².